The topological polar surface area (TPSA) is 92.1 Å². The second kappa shape index (κ2) is 7.85. The highest BCUT2D eigenvalue weighted by Gasteiger charge is 2.20. The van der Waals surface area contributed by atoms with Crippen molar-refractivity contribution >= 4 is 15.8 Å². The number of halogens is 2. The van der Waals surface area contributed by atoms with Gasteiger partial charge >= 0.3 is 0 Å². The third-order valence-electron chi connectivity index (χ3n) is 4.01. The van der Waals surface area contributed by atoms with E-state index in [4.69, 9.17) is 10.00 Å². The fourth-order valence-electron chi connectivity index (χ4n) is 2.69. The number of hydrogen-bond acceptors (Lipinski definition) is 5. The number of nitrogens with one attached hydrogen (secondary N) is 1. The lowest BCUT2D eigenvalue weighted by Crippen LogP contribution is -2.15. The lowest BCUT2D eigenvalue weighted by molar-refractivity contribution is 0.472. The standard InChI is InChI=1S/C20H15F2N3O3S/c1-12-7-16(8-13(2)17(12)10-23)28-15-4-5-19(18(22)9-15)29(26,27)25-20-6-3-14(21)11-24-20/h3-9,11H,1-2H3,(H,24,25). The SMILES string of the molecule is Cc1cc(Oc2ccc(S(=O)(=O)Nc3ccc(F)cn3)c(F)c2)cc(C)c1C#N. The molecule has 0 radical (unpaired) electrons. The van der Waals surface area contributed by atoms with Gasteiger partial charge in [-0.2, -0.15) is 5.26 Å². The van der Waals surface area contributed by atoms with E-state index in [1.807, 2.05) is 0 Å². The number of nitriles is 1. The molecule has 2 aromatic carbocycles. The van der Waals surface area contributed by atoms with Gasteiger partial charge in [-0.15, -0.1) is 0 Å². The van der Waals surface area contributed by atoms with E-state index in [1.165, 1.54) is 6.07 Å². The average Bonchev–Trinajstić information content (AvgIpc) is 2.63. The Morgan fingerprint density at radius 1 is 1.03 bits per heavy atom. The van der Waals surface area contributed by atoms with Crippen molar-refractivity contribution in [2.24, 2.45) is 0 Å². The Bertz CT molecular complexity index is 1200. The Hall–Kier alpha value is -3.51. The smallest absolute Gasteiger partial charge is 0.265 e. The molecule has 0 saturated heterocycles. The van der Waals surface area contributed by atoms with Crippen molar-refractivity contribution < 1.29 is 21.9 Å². The molecule has 0 spiro atoms. The summed E-state index contributed by atoms with van der Waals surface area (Å²) < 4.78 is 59.8. The molecule has 0 fully saturated rings. The maximum Gasteiger partial charge on any atom is 0.265 e. The first-order chi connectivity index (χ1) is 13.7. The number of ether oxygens (including phenoxy) is 1. The Labute approximate surface area is 166 Å². The van der Waals surface area contributed by atoms with Crippen molar-refractivity contribution in [1.29, 1.82) is 5.26 Å². The number of rotatable bonds is 5. The fraction of sp³-hybridized carbons (Fsp3) is 0.100. The van der Waals surface area contributed by atoms with Crippen LogP contribution in [0.4, 0.5) is 14.6 Å². The molecule has 3 rings (SSSR count). The molecule has 148 valence electrons. The molecule has 0 unspecified atom stereocenters. The predicted octanol–water partition coefficient (Wildman–Crippen LogP) is 4.44. The summed E-state index contributed by atoms with van der Waals surface area (Å²) >= 11 is 0. The first-order valence-electron chi connectivity index (χ1n) is 8.33. The molecule has 1 heterocycles. The quantitative estimate of drug-likeness (QED) is 0.665. The summed E-state index contributed by atoms with van der Waals surface area (Å²) in [5, 5.41) is 9.12. The zero-order valence-corrected chi connectivity index (χ0v) is 16.2. The number of sulfonamides is 1. The van der Waals surface area contributed by atoms with Crippen molar-refractivity contribution in [3.8, 4) is 17.6 Å². The number of anilines is 1. The summed E-state index contributed by atoms with van der Waals surface area (Å²) in [5.41, 5.74) is 1.95. The van der Waals surface area contributed by atoms with Crippen molar-refractivity contribution in [2.75, 3.05) is 4.72 Å². The molecule has 0 atom stereocenters. The van der Waals surface area contributed by atoms with Crippen molar-refractivity contribution in [3.63, 3.8) is 0 Å². The van der Waals surface area contributed by atoms with Crippen molar-refractivity contribution in [2.45, 2.75) is 18.7 Å². The molecular weight excluding hydrogens is 400 g/mol. The van der Waals surface area contributed by atoms with Gasteiger partial charge in [0.1, 0.15) is 33.8 Å². The minimum Gasteiger partial charge on any atom is -0.457 e. The van der Waals surface area contributed by atoms with Crippen LogP contribution in [0.25, 0.3) is 0 Å². The molecule has 0 saturated carbocycles. The molecule has 29 heavy (non-hydrogen) atoms. The van der Waals surface area contributed by atoms with E-state index in [9.17, 15) is 17.2 Å². The Balaban J connectivity index is 1.85. The Kier molecular flexibility index (Phi) is 5.48. The Morgan fingerprint density at radius 2 is 1.72 bits per heavy atom. The van der Waals surface area contributed by atoms with E-state index in [1.54, 1.807) is 26.0 Å². The summed E-state index contributed by atoms with van der Waals surface area (Å²) in [4.78, 5) is 2.98. The summed E-state index contributed by atoms with van der Waals surface area (Å²) in [6.07, 6.45) is 0.840. The van der Waals surface area contributed by atoms with E-state index in [0.717, 1.165) is 30.5 Å². The summed E-state index contributed by atoms with van der Waals surface area (Å²) in [5.74, 6) is -1.32. The fourth-order valence-corrected chi connectivity index (χ4v) is 3.76. The van der Waals surface area contributed by atoms with Crippen LogP contribution in [0, 0.1) is 36.8 Å². The van der Waals surface area contributed by atoms with Crippen LogP contribution in [0.3, 0.4) is 0 Å². The van der Waals surface area contributed by atoms with Gasteiger partial charge in [-0.3, -0.25) is 4.72 Å². The first-order valence-corrected chi connectivity index (χ1v) is 9.81. The van der Waals surface area contributed by atoms with E-state index < -0.39 is 26.6 Å². The Morgan fingerprint density at radius 3 is 2.28 bits per heavy atom. The highest BCUT2D eigenvalue weighted by atomic mass is 32.2. The lowest BCUT2D eigenvalue weighted by atomic mass is 10.0. The molecule has 0 bridgehead atoms. The molecule has 0 amide bonds. The highest BCUT2D eigenvalue weighted by Crippen LogP contribution is 2.29. The van der Waals surface area contributed by atoms with Gasteiger partial charge < -0.3 is 4.74 Å². The second-order valence-corrected chi connectivity index (χ2v) is 7.86. The third kappa shape index (κ3) is 4.50. The van der Waals surface area contributed by atoms with Gasteiger partial charge in [0.05, 0.1) is 17.8 Å². The van der Waals surface area contributed by atoms with E-state index in [-0.39, 0.29) is 11.6 Å². The number of aryl methyl sites for hydroxylation is 2. The molecule has 3 aromatic rings. The van der Waals surface area contributed by atoms with Crippen LogP contribution in [0.15, 0.2) is 53.6 Å². The predicted molar refractivity (Wildman–Crippen MR) is 102 cm³/mol. The van der Waals surface area contributed by atoms with Gasteiger partial charge in [-0.05, 0) is 61.4 Å². The average molecular weight is 415 g/mol. The maximum atomic E-state index is 14.5. The van der Waals surface area contributed by atoms with Crippen LogP contribution in [0.1, 0.15) is 16.7 Å². The molecule has 0 aliphatic heterocycles. The van der Waals surface area contributed by atoms with Gasteiger partial charge in [0.2, 0.25) is 0 Å². The monoisotopic (exact) mass is 415 g/mol. The lowest BCUT2D eigenvalue weighted by Gasteiger charge is -2.12. The van der Waals surface area contributed by atoms with Gasteiger partial charge in [0.25, 0.3) is 10.0 Å². The van der Waals surface area contributed by atoms with E-state index >= 15 is 0 Å². The van der Waals surface area contributed by atoms with Crippen LogP contribution >= 0.6 is 0 Å². The minimum absolute atomic E-state index is 0.0878. The molecule has 6 nitrogen and oxygen atoms in total. The van der Waals surface area contributed by atoms with Gasteiger partial charge in [0, 0.05) is 6.07 Å². The van der Waals surface area contributed by atoms with E-state index in [2.05, 4.69) is 15.8 Å². The number of pyridine rings is 1. The molecular formula is C20H15F2N3O3S. The van der Waals surface area contributed by atoms with Gasteiger partial charge in [0.15, 0.2) is 0 Å². The number of aromatic nitrogens is 1. The van der Waals surface area contributed by atoms with Crippen molar-refractivity contribution in [3.05, 3.63) is 77.0 Å². The maximum absolute atomic E-state index is 14.5. The molecule has 0 aliphatic carbocycles. The van der Waals surface area contributed by atoms with Crippen molar-refractivity contribution in [1.82, 2.24) is 4.98 Å². The van der Waals surface area contributed by atoms with Gasteiger partial charge in [-0.25, -0.2) is 22.2 Å². The summed E-state index contributed by atoms with van der Waals surface area (Å²) in [7, 11) is -4.27. The molecule has 9 heteroatoms. The van der Waals surface area contributed by atoms with Crippen LogP contribution in [0.5, 0.6) is 11.5 Å². The largest absolute Gasteiger partial charge is 0.457 e. The van der Waals surface area contributed by atoms with E-state index in [0.29, 0.717) is 22.4 Å². The first kappa shape index (κ1) is 20.2. The zero-order valence-electron chi connectivity index (χ0n) is 15.4. The number of hydrogen-bond donors (Lipinski definition) is 1. The van der Waals surface area contributed by atoms with Crippen LogP contribution in [0.2, 0.25) is 0 Å². The normalized spacial score (nSPS) is 11.0. The molecule has 1 N–H and O–H groups in total. The van der Waals surface area contributed by atoms with Gasteiger partial charge in [-0.1, -0.05) is 0 Å². The molecule has 0 aliphatic rings. The molecule has 1 aromatic heterocycles. The van der Waals surface area contributed by atoms with Crippen LogP contribution < -0.4 is 9.46 Å². The second-order valence-electron chi connectivity index (χ2n) is 6.21. The number of benzene rings is 2. The summed E-state index contributed by atoms with van der Waals surface area (Å²) in [6, 6.07) is 10.8. The third-order valence-corrected chi connectivity index (χ3v) is 5.40. The summed E-state index contributed by atoms with van der Waals surface area (Å²) in [6.45, 7) is 3.51. The zero-order chi connectivity index (χ0) is 21.2. The minimum atomic E-state index is -4.27. The van der Waals surface area contributed by atoms with Crippen LogP contribution in [-0.4, -0.2) is 13.4 Å². The highest BCUT2D eigenvalue weighted by molar-refractivity contribution is 7.92. The number of nitrogens with zero attached hydrogens (tertiary/aromatic N) is 2. The van der Waals surface area contributed by atoms with Crippen LogP contribution in [-0.2, 0) is 10.0 Å².